The van der Waals surface area contributed by atoms with Crippen LogP contribution in [0.1, 0.15) is 20.3 Å². The summed E-state index contributed by atoms with van der Waals surface area (Å²) in [5.41, 5.74) is 0.576. The van der Waals surface area contributed by atoms with Crippen LogP contribution in [-0.2, 0) is 0 Å². The third kappa shape index (κ3) is 2.93. The summed E-state index contributed by atoms with van der Waals surface area (Å²) in [5, 5.41) is 10.3. The average molecular weight is 156 g/mol. The summed E-state index contributed by atoms with van der Waals surface area (Å²) in [5.74, 6) is 0. The van der Waals surface area contributed by atoms with Crippen LogP contribution in [0, 0.1) is 10.1 Å². The van der Waals surface area contributed by atoms with Gasteiger partial charge in [-0.25, -0.2) is 0 Å². The minimum Gasteiger partial charge on any atom is -0.286 e. The average Bonchev–Trinajstić information content (AvgIpc) is 1.98. The summed E-state index contributed by atoms with van der Waals surface area (Å²) in [7, 11) is 1.54. The van der Waals surface area contributed by atoms with Crippen molar-refractivity contribution in [3.8, 4) is 0 Å². The van der Waals surface area contributed by atoms with Gasteiger partial charge in [0, 0.05) is 7.05 Å². The third-order valence-electron chi connectivity index (χ3n) is 1.30. The van der Waals surface area contributed by atoms with E-state index in [0.29, 0.717) is 12.1 Å². The molecule has 0 saturated carbocycles. The van der Waals surface area contributed by atoms with Crippen molar-refractivity contribution in [1.29, 1.82) is 0 Å². The summed E-state index contributed by atoms with van der Waals surface area (Å²) in [6.45, 7) is 3.48. The first-order valence-electron chi connectivity index (χ1n) is 3.41. The summed E-state index contributed by atoms with van der Waals surface area (Å²) >= 11 is 0. The quantitative estimate of drug-likeness (QED) is 0.354. The molecule has 4 nitrogen and oxygen atoms in total. The zero-order valence-electron chi connectivity index (χ0n) is 7.00. The SMILES string of the molecule is CC/C=C(\C(C)=NC)[N+](=O)[O-]. The molecule has 0 aromatic heterocycles. The van der Waals surface area contributed by atoms with Crippen LogP contribution in [0.3, 0.4) is 0 Å². The van der Waals surface area contributed by atoms with Gasteiger partial charge in [-0.1, -0.05) is 6.92 Å². The van der Waals surface area contributed by atoms with Gasteiger partial charge in [-0.05, 0) is 19.4 Å². The second-order valence-electron chi connectivity index (χ2n) is 2.06. The highest BCUT2D eigenvalue weighted by atomic mass is 16.6. The first kappa shape index (κ1) is 9.81. The summed E-state index contributed by atoms with van der Waals surface area (Å²) < 4.78 is 0. The van der Waals surface area contributed by atoms with Gasteiger partial charge in [0.15, 0.2) is 0 Å². The van der Waals surface area contributed by atoms with Crippen LogP contribution >= 0.6 is 0 Å². The summed E-state index contributed by atoms with van der Waals surface area (Å²) in [6, 6.07) is 0. The Hall–Kier alpha value is -1.19. The predicted octanol–water partition coefficient (Wildman–Crippen LogP) is 1.65. The first-order chi connectivity index (χ1) is 5.13. The largest absolute Gasteiger partial charge is 0.286 e. The van der Waals surface area contributed by atoms with Crippen LogP contribution in [0.2, 0.25) is 0 Å². The lowest BCUT2D eigenvalue weighted by molar-refractivity contribution is -0.415. The van der Waals surface area contributed by atoms with E-state index in [2.05, 4.69) is 4.99 Å². The van der Waals surface area contributed by atoms with Crippen molar-refractivity contribution in [3.63, 3.8) is 0 Å². The zero-order valence-corrected chi connectivity index (χ0v) is 7.00. The monoisotopic (exact) mass is 156 g/mol. The van der Waals surface area contributed by atoms with Crippen LogP contribution in [0.5, 0.6) is 0 Å². The number of hydrogen-bond donors (Lipinski definition) is 0. The first-order valence-corrected chi connectivity index (χ1v) is 3.41. The number of hydrogen-bond acceptors (Lipinski definition) is 3. The molecule has 62 valence electrons. The smallest absolute Gasteiger partial charge is 0.285 e. The molecule has 0 amide bonds. The van der Waals surface area contributed by atoms with Gasteiger partial charge in [0.25, 0.3) is 5.70 Å². The van der Waals surface area contributed by atoms with Crippen LogP contribution in [-0.4, -0.2) is 17.7 Å². The van der Waals surface area contributed by atoms with E-state index in [1.165, 1.54) is 0 Å². The molecule has 0 aliphatic rings. The van der Waals surface area contributed by atoms with Crippen molar-refractivity contribution in [2.24, 2.45) is 4.99 Å². The Kier molecular flexibility index (Phi) is 4.10. The maximum Gasteiger partial charge on any atom is 0.285 e. The Morgan fingerprint density at radius 2 is 2.27 bits per heavy atom. The van der Waals surface area contributed by atoms with E-state index >= 15 is 0 Å². The van der Waals surface area contributed by atoms with Crippen LogP contribution < -0.4 is 0 Å². The van der Waals surface area contributed by atoms with Gasteiger partial charge in [0.2, 0.25) is 0 Å². The lowest BCUT2D eigenvalue weighted by atomic mass is 10.2. The van der Waals surface area contributed by atoms with Crippen molar-refractivity contribution in [2.75, 3.05) is 7.05 Å². The molecule has 0 bridgehead atoms. The molecule has 0 rings (SSSR count). The molecule has 0 atom stereocenters. The third-order valence-corrected chi connectivity index (χ3v) is 1.30. The molecule has 0 aromatic carbocycles. The second-order valence-corrected chi connectivity index (χ2v) is 2.06. The van der Waals surface area contributed by atoms with Gasteiger partial charge < -0.3 is 0 Å². The highest BCUT2D eigenvalue weighted by molar-refractivity contribution is 5.95. The fraction of sp³-hybridized carbons (Fsp3) is 0.571. The minimum absolute atomic E-state index is 0.106. The minimum atomic E-state index is -0.411. The molecular weight excluding hydrogens is 144 g/mol. The van der Waals surface area contributed by atoms with Gasteiger partial charge in [0.05, 0.1) is 4.92 Å². The Balaban J connectivity index is 4.62. The summed E-state index contributed by atoms with van der Waals surface area (Å²) in [4.78, 5) is 13.7. The van der Waals surface area contributed by atoms with E-state index in [0.717, 1.165) is 0 Å². The Morgan fingerprint density at radius 3 is 2.55 bits per heavy atom. The van der Waals surface area contributed by atoms with Crippen LogP contribution in [0.4, 0.5) is 0 Å². The van der Waals surface area contributed by atoms with Crippen molar-refractivity contribution in [2.45, 2.75) is 20.3 Å². The van der Waals surface area contributed by atoms with E-state index in [4.69, 9.17) is 0 Å². The van der Waals surface area contributed by atoms with Crippen molar-refractivity contribution < 1.29 is 4.92 Å². The van der Waals surface area contributed by atoms with Crippen LogP contribution in [0.25, 0.3) is 0 Å². The highest BCUT2D eigenvalue weighted by Crippen LogP contribution is 2.00. The van der Waals surface area contributed by atoms with Gasteiger partial charge in [-0.15, -0.1) is 0 Å². The molecule has 0 spiro atoms. The van der Waals surface area contributed by atoms with Crippen molar-refractivity contribution >= 4 is 5.71 Å². The molecule has 0 radical (unpaired) electrons. The predicted molar refractivity (Wildman–Crippen MR) is 44.4 cm³/mol. The number of rotatable bonds is 3. The molecule has 0 aliphatic heterocycles. The molecular formula is C7H12N2O2. The summed E-state index contributed by atoms with van der Waals surface area (Å²) in [6.07, 6.45) is 2.21. The molecule has 4 heteroatoms. The Bertz CT molecular complexity index is 206. The lowest BCUT2D eigenvalue weighted by Crippen LogP contribution is -2.07. The van der Waals surface area contributed by atoms with Crippen molar-refractivity contribution in [3.05, 3.63) is 21.9 Å². The highest BCUT2D eigenvalue weighted by Gasteiger charge is 2.11. The van der Waals surface area contributed by atoms with E-state index in [1.54, 1.807) is 20.0 Å². The zero-order chi connectivity index (χ0) is 8.85. The molecule has 0 aromatic rings. The van der Waals surface area contributed by atoms with Crippen molar-refractivity contribution in [1.82, 2.24) is 0 Å². The molecule has 0 heterocycles. The van der Waals surface area contributed by atoms with E-state index in [-0.39, 0.29) is 5.70 Å². The molecule has 11 heavy (non-hydrogen) atoms. The molecule has 0 N–H and O–H groups in total. The second kappa shape index (κ2) is 4.60. The maximum atomic E-state index is 10.3. The fourth-order valence-corrected chi connectivity index (χ4v) is 0.662. The van der Waals surface area contributed by atoms with E-state index < -0.39 is 4.92 Å². The van der Waals surface area contributed by atoms with Crippen LogP contribution in [0.15, 0.2) is 16.8 Å². The topological polar surface area (TPSA) is 55.5 Å². The lowest BCUT2D eigenvalue weighted by Gasteiger charge is -1.94. The number of nitrogens with zero attached hydrogens (tertiary/aromatic N) is 2. The fourth-order valence-electron chi connectivity index (χ4n) is 0.662. The van der Waals surface area contributed by atoms with Gasteiger partial charge >= 0.3 is 0 Å². The normalized spacial score (nSPS) is 13.4. The van der Waals surface area contributed by atoms with Gasteiger partial charge in [0.1, 0.15) is 5.71 Å². The van der Waals surface area contributed by atoms with Gasteiger partial charge in [-0.3, -0.25) is 15.1 Å². The Morgan fingerprint density at radius 1 is 1.73 bits per heavy atom. The van der Waals surface area contributed by atoms with E-state index in [1.807, 2.05) is 6.92 Å². The van der Waals surface area contributed by atoms with Gasteiger partial charge in [-0.2, -0.15) is 0 Å². The standard InChI is InChI=1S/C7H12N2O2/c1-4-5-7(9(10)11)6(2)8-3/h5H,4H2,1-3H3/b7-5+,8-6?. The molecule has 0 unspecified atom stereocenters. The molecule has 0 fully saturated rings. The number of aliphatic imine (C=N–C) groups is 1. The number of nitro groups is 1. The molecule has 0 saturated heterocycles. The number of allylic oxidation sites excluding steroid dienone is 2. The Labute approximate surface area is 65.8 Å². The maximum absolute atomic E-state index is 10.3. The molecule has 0 aliphatic carbocycles. The van der Waals surface area contributed by atoms with E-state index in [9.17, 15) is 10.1 Å².